The van der Waals surface area contributed by atoms with Crippen molar-refractivity contribution in [3.05, 3.63) is 144 Å². The SMILES string of the molecule is NC1=NC(c2ccccc2)(c2ccccc2)C(=O)CC1CC(c1ccccc1)c1ccccc1. The molecule has 3 heteroatoms. The van der Waals surface area contributed by atoms with E-state index < -0.39 is 5.54 Å². The summed E-state index contributed by atoms with van der Waals surface area (Å²) >= 11 is 0. The van der Waals surface area contributed by atoms with Crippen molar-refractivity contribution in [2.45, 2.75) is 24.3 Å². The van der Waals surface area contributed by atoms with Gasteiger partial charge in [0, 0.05) is 18.3 Å². The maximum atomic E-state index is 14.0. The summed E-state index contributed by atoms with van der Waals surface area (Å²) in [7, 11) is 0. The molecule has 5 rings (SSSR count). The van der Waals surface area contributed by atoms with Gasteiger partial charge in [0.1, 0.15) is 0 Å². The van der Waals surface area contributed by atoms with Gasteiger partial charge in [0.2, 0.25) is 0 Å². The molecule has 4 aromatic carbocycles. The average molecular weight is 445 g/mol. The molecule has 34 heavy (non-hydrogen) atoms. The molecule has 1 atom stereocenters. The van der Waals surface area contributed by atoms with Gasteiger partial charge in [0.25, 0.3) is 0 Å². The molecule has 0 amide bonds. The number of aliphatic imine (C=N–C) groups is 1. The molecule has 1 unspecified atom stereocenters. The van der Waals surface area contributed by atoms with Crippen molar-refractivity contribution in [1.29, 1.82) is 0 Å². The minimum atomic E-state index is -1.10. The van der Waals surface area contributed by atoms with Crippen LogP contribution >= 0.6 is 0 Å². The molecule has 0 saturated heterocycles. The first-order valence-corrected chi connectivity index (χ1v) is 11.8. The largest absolute Gasteiger partial charge is 0.387 e. The number of hydrogen-bond acceptors (Lipinski definition) is 3. The zero-order chi connectivity index (χ0) is 23.4. The summed E-state index contributed by atoms with van der Waals surface area (Å²) in [4.78, 5) is 19.0. The number of carbonyl (C=O) groups is 1. The second-order valence-corrected chi connectivity index (χ2v) is 8.91. The van der Waals surface area contributed by atoms with E-state index in [9.17, 15) is 4.79 Å². The Labute approximate surface area is 201 Å². The summed E-state index contributed by atoms with van der Waals surface area (Å²) in [5, 5.41) is 0. The predicted octanol–water partition coefficient (Wildman–Crippen LogP) is 6.10. The lowest BCUT2D eigenvalue weighted by Crippen LogP contribution is -2.45. The summed E-state index contributed by atoms with van der Waals surface area (Å²) in [6.07, 6.45) is 1.09. The number of amidine groups is 1. The molecule has 0 aromatic heterocycles. The second-order valence-electron chi connectivity index (χ2n) is 8.91. The molecule has 1 aliphatic heterocycles. The molecule has 1 aliphatic rings. The summed E-state index contributed by atoms with van der Waals surface area (Å²) in [5.41, 5.74) is 9.75. The van der Waals surface area contributed by atoms with Gasteiger partial charge in [-0.05, 0) is 28.7 Å². The zero-order valence-electron chi connectivity index (χ0n) is 19.0. The molecule has 0 aliphatic carbocycles. The van der Waals surface area contributed by atoms with Gasteiger partial charge in [-0.2, -0.15) is 0 Å². The zero-order valence-corrected chi connectivity index (χ0v) is 19.0. The van der Waals surface area contributed by atoms with Crippen molar-refractivity contribution in [2.75, 3.05) is 0 Å². The number of benzene rings is 4. The van der Waals surface area contributed by atoms with E-state index in [0.717, 1.165) is 17.5 Å². The normalized spacial score (nSPS) is 17.4. The maximum absolute atomic E-state index is 14.0. The first-order valence-electron chi connectivity index (χ1n) is 11.8. The van der Waals surface area contributed by atoms with Gasteiger partial charge >= 0.3 is 0 Å². The van der Waals surface area contributed by atoms with E-state index in [-0.39, 0.29) is 17.6 Å². The molecular formula is C31H28N2O. The van der Waals surface area contributed by atoms with Crippen LogP contribution in [0.15, 0.2) is 126 Å². The van der Waals surface area contributed by atoms with E-state index in [1.54, 1.807) is 0 Å². The van der Waals surface area contributed by atoms with Crippen molar-refractivity contribution in [3.8, 4) is 0 Å². The minimum Gasteiger partial charge on any atom is -0.387 e. The molecule has 168 valence electrons. The number of nitrogens with zero attached hydrogens (tertiary/aromatic N) is 1. The lowest BCUT2D eigenvalue weighted by Gasteiger charge is -2.37. The molecular weight excluding hydrogens is 416 g/mol. The molecule has 0 spiro atoms. The van der Waals surface area contributed by atoms with Crippen LogP contribution in [0.2, 0.25) is 0 Å². The number of ketones is 1. The van der Waals surface area contributed by atoms with E-state index >= 15 is 0 Å². The molecule has 2 N–H and O–H groups in total. The van der Waals surface area contributed by atoms with Gasteiger partial charge in [-0.3, -0.25) is 4.79 Å². The van der Waals surface area contributed by atoms with Crippen molar-refractivity contribution in [1.82, 2.24) is 0 Å². The highest BCUT2D eigenvalue weighted by molar-refractivity contribution is 6.02. The van der Waals surface area contributed by atoms with E-state index in [0.29, 0.717) is 12.3 Å². The molecule has 3 nitrogen and oxygen atoms in total. The monoisotopic (exact) mass is 444 g/mol. The van der Waals surface area contributed by atoms with Gasteiger partial charge in [0.15, 0.2) is 11.3 Å². The number of rotatable bonds is 6. The Kier molecular flexibility index (Phi) is 6.09. The lowest BCUT2D eigenvalue weighted by atomic mass is 9.72. The van der Waals surface area contributed by atoms with Gasteiger partial charge in [-0.25, -0.2) is 4.99 Å². The van der Waals surface area contributed by atoms with Crippen molar-refractivity contribution in [3.63, 3.8) is 0 Å². The van der Waals surface area contributed by atoms with Gasteiger partial charge < -0.3 is 5.73 Å². The fourth-order valence-corrected chi connectivity index (χ4v) is 5.12. The third-order valence-electron chi connectivity index (χ3n) is 6.86. The first kappa shape index (κ1) is 21.8. The average Bonchev–Trinajstić information content (AvgIpc) is 2.91. The van der Waals surface area contributed by atoms with Crippen molar-refractivity contribution >= 4 is 11.6 Å². The van der Waals surface area contributed by atoms with Crippen LogP contribution in [0.1, 0.15) is 41.0 Å². The Hall–Kier alpha value is -3.98. The summed E-state index contributed by atoms with van der Waals surface area (Å²) < 4.78 is 0. The quantitative estimate of drug-likeness (QED) is 0.391. The Morgan fingerprint density at radius 3 is 1.56 bits per heavy atom. The predicted molar refractivity (Wildman–Crippen MR) is 138 cm³/mol. The van der Waals surface area contributed by atoms with Crippen molar-refractivity contribution in [2.24, 2.45) is 16.6 Å². The standard InChI is InChI=1S/C31H28N2O/c32-30-25(21-28(23-13-5-1-6-14-23)24-15-7-2-8-16-24)22-29(34)31(33-30,26-17-9-3-10-18-26)27-19-11-4-12-20-27/h1-20,25,28H,21-22H2,(H2,32,33). The topological polar surface area (TPSA) is 55.4 Å². The highest BCUT2D eigenvalue weighted by atomic mass is 16.1. The fraction of sp³-hybridized carbons (Fsp3) is 0.161. The Morgan fingerprint density at radius 2 is 1.12 bits per heavy atom. The van der Waals surface area contributed by atoms with Crippen LogP contribution in [0.3, 0.4) is 0 Å². The van der Waals surface area contributed by atoms with Gasteiger partial charge in [-0.1, -0.05) is 121 Å². The van der Waals surface area contributed by atoms with E-state index in [1.807, 2.05) is 72.8 Å². The third kappa shape index (κ3) is 4.06. The molecule has 0 fully saturated rings. The summed E-state index contributed by atoms with van der Waals surface area (Å²) in [6.45, 7) is 0. The molecule has 0 bridgehead atoms. The maximum Gasteiger partial charge on any atom is 0.171 e. The van der Waals surface area contributed by atoms with Crippen LogP contribution in [0.25, 0.3) is 0 Å². The van der Waals surface area contributed by atoms with Gasteiger partial charge in [0.05, 0.1) is 5.84 Å². The summed E-state index contributed by atoms with van der Waals surface area (Å²) in [5.74, 6) is 0.640. The first-order chi connectivity index (χ1) is 16.7. The number of Topliss-reactive ketones (excluding diaryl/α,β-unsaturated/α-hetero) is 1. The van der Waals surface area contributed by atoms with Crippen LogP contribution in [-0.2, 0) is 10.3 Å². The van der Waals surface area contributed by atoms with Gasteiger partial charge in [-0.15, -0.1) is 0 Å². The Balaban J connectivity index is 1.56. The van der Waals surface area contributed by atoms with E-state index in [2.05, 4.69) is 48.5 Å². The third-order valence-corrected chi connectivity index (χ3v) is 6.86. The molecule has 0 saturated carbocycles. The van der Waals surface area contributed by atoms with E-state index in [4.69, 9.17) is 10.7 Å². The van der Waals surface area contributed by atoms with Crippen LogP contribution < -0.4 is 5.73 Å². The van der Waals surface area contributed by atoms with Crippen molar-refractivity contribution < 1.29 is 4.79 Å². The summed E-state index contributed by atoms with van der Waals surface area (Å²) in [6, 6.07) is 40.5. The Bertz CT molecular complexity index is 1190. The highest BCUT2D eigenvalue weighted by Gasteiger charge is 2.46. The molecule has 0 radical (unpaired) electrons. The Morgan fingerprint density at radius 1 is 0.706 bits per heavy atom. The van der Waals surface area contributed by atoms with Crippen LogP contribution in [-0.4, -0.2) is 11.6 Å². The van der Waals surface area contributed by atoms with E-state index in [1.165, 1.54) is 11.1 Å². The molecule has 4 aromatic rings. The second kappa shape index (κ2) is 9.48. The fourth-order valence-electron chi connectivity index (χ4n) is 5.12. The molecule has 1 heterocycles. The lowest BCUT2D eigenvalue weighted by molar-refractivity contribution is -0.124. The smallest absolute Gasteiger partial charge is 0.171 e. The number of nitrogens with two attached hydrogens (primary N) is 1. The number of hydrogen-bond donors (Lipinski definition) is 1. The number of carbonyl (C=O) groups excluding carboxylic acids is 1. The van der Waals surface area contributed by atoms with Crippen LogP contribution in [0.4, 0.5) is 0 Å². The van der Waals surface area contributed by atoms with Crippen LogP contribution in [0.5, 0.6) is 0 Å². The van der Waals surface area contributed by atoms with Crippen LogP contribution in [0, 0.1) is 5.92 Å². The highest BCUT2D eigenvalue weighted by Crippen LogP contribution is 2.42. The minimum absolute atomic E-state index is 0.0870.